The third-order valence-electron chi connectivity index (χ3n) is 4.44. The molecule has 21 heavy (non-hydrogen) atoms. The van der Waals surface area contributed by atoms with Crippen LogP contribution in [0.4, 0.5) is 0 Å². The van der Waals surface area contributed by atoms with Crippen LogP contribution in [0.2, 0.25) is 0 Å². The van der Waals surface area contributed by atoms with Crippen molar-refractivity contribution in [2.24, 2.45) is 0 Å². The Morgan fingerprint density at radius 1 is 1.19 bits per heavy atom. The fourth-order valence-corrected chi connectivity index (χ4v) is 3.04. The lowest BCUT2D eigenvalue weighted by Crippen LogP contribution is -2.29. The molecule has 1 atom stereocenters. The minimum Gasteiger partial charge on any atom is -0.385 e. The van der Waals surface area contributed by atoms with E-state index in [-0.39, 0.29) is 0 Å². The zero-order valence-corrected chi connectivity index (χ0v) is 13.5. The second kappa shape index (κ2) is 7.64. The van der Waals surface area contributed by atoms with E-state index in [1.165, 1.54) is 36.8 Å². The molecular weight excluding hydrogens is 256 g/mol. The number of benzene rings is 1. The van der Waals surface area contributed by atoms with E-state index in [1.807, 2.05) is 6.92 Å². The summed E-state index contributed by atoms with van der Waals surface area (Å²) in [5.41, 5.74) is 6.56. The first-order valence-corrected chi connectivity index (χ1v) is 8.40. The SMILES string of the molecule is CCCCCC(=C=C1CCCC[C@]1(C)O)c1ccccc1. The maximum Gasteiger partial charge on any atom is 0.0902 e. The summed E-state index contributed by atoms with van der Waals surface area (Å²) in [6, 6.07) is 10.5. The second-order valence-corrected chi connectivity index (χ2v) is 6.39. The lowest BCUT2D eigenvalue weighted by Gasteiger charge is -2.30. The van der Waals surface area contributed by atoms with Crippen LogP contribution in [0.5, 0.6) is 0 Å². The van der Waals surface area contributed by atoms with E-state index >= 15 is 0 Å². The van der Waals surface area contributed by atoms with E-state index in [2.05, 4.69) is 43.0 Å². The number of aliphatic hydroxyl groups is 1. The number of hydrogen-bond acceptors (Lipinski definition) is 1. The predicted molar refractivity (Wildman–Crippen MR) is 90.1 cm³/mol. The van der Waals surface area contributed by atoms with Gasteiger partial charge in [0.05, 0.1) is 5.60 Å². The first kappa shape index (κ1) is 16.1. The molecule has 2 rings (SSSR count). The summed E-state index contributed by atoms with van der Waals surface area (Å²) in [5.74, 6) is 0. The number of unbranched alkanes of at least 4 members (excludes halogenated alkanes) is 2. The smallest absolute Gasteiger partial charge is 0.0902 e. The molecule has 1 saturated carbocycles. The second-order valence-electron chi connectivity index (χ2n) is 6.39. The summed E-state index contributed by atoms with van der Waals surface area (Å²) in [5, 5.41) is 10.6. The average Bonchev–Trinajstić information content (AvgIpc) is 2.49. The van der Waals surface area contributed by atoms with Gasteiger partial charge in [0.1, 0.15) is 0 Å². The topological polar surface area (TPSA) is 20.2 Å². The van der Waals surface area contributed by atoms with Gasteiger partial charge in [-0.15, -0.1) is 5.73 Å². The molecule has 1 fully saturated rings. The van der Waals surface area contributed by atoms with Crippen molar-refractivity contribution < 1.29 is 5.11 Å². The molecule has 0 amide bonds. The molecular formula is C20H28O. The Hall–Kier alpha value is -1.30. The van der Waals surface area contributed by atoms with E-state index < -0.39 is 5.60 Å². The van der Waals surface area contributed by atoms with Gasteiger partial charge in [0, 0.05) is 11.1 Å². The van der Waals surface area contributed by atoms with Crippen LogP contribution in [0.25, 0.3) is 5.57 Å². The monoisotopic (exact) mass is 284 g/mol. The van der Waals surface area contributed by atoms with E-state index in [0.717, 1.165) is 31.3 Å². The summed E-state index contributed by atoms with van der Waals surface area (Å²) in [7, 11) is 0. The molecule has 114 valence electrons. The van der Waals surface area contributed by atoms with E-state index in [1.54, 1.807) is 0 Å². The average molecular weight is 284 g/mol. The summed E-state index contributed by atoms with van der Waals surface area (Å²) in [6.07, 6.45) is 8.88. The van der Waals surface area contributed by atoms with Crippen LogP contribution in [0.1, 0.15) is 70.8 Å². The molecule has 1 aromatic rings. The maximum atomic E-state index is 10.6. The van der Waals surface area contributed by atoms with E-state index in [9.17, 15) is 5.11 Å². The molecule has 0 saturated heterocycles. The van der Waals surface area contributed by atoms with Crippen molar-refractivity contribution in [3.05, 3.63) is 47.2 Å². The van der Waals surface area contributed by atoms with Gasteiger partial charge in [-0.25, -0.2) is 0 Å². The molecule has 0 aromatic heterocycles. The van der Waals surface area contributed by atoms with Crippen molar-refractivity contribution >= 4 is 5.57 Å². The van der Waals surface area contributed by atoms with Crippen LogP contribution < -0.4 is 0 Å². The molecule has 0 spiro atoms. The Kier molecular flexibility index (Phi) is 5.85. The van der Waals surface area contributed by atoms with Crippen LogP contribution >= 0.6 is 0 Å². The van der Waals surface area contributed by atoms with Gasteiger partial charge in [-0.05, 0) is 51.0 Å². The molecule has 1 nitrogen and oxygen atoms in total. The molecule has 0 bridgehead atoms. The normalized spacial score (nSPS) is 22.0. The molecule has 1 N–H and O–H groups in total. The Morgan fingerprint density at radius 3 is 2.62 bits per heavy atom. The van der Waals surface area contributed by atoms with Crippen molar-refractivity contribution in [1.82, 2.24) is 0 Å². The van der Waals surface area contributed by atoms with Gasteiger partial charge in [-0.3, -0.25) is 0 Å². The first-order valence-electron chi connectivity index (χ1n) is 8.40. The van der Waals surface area contributed by atoms with Gasteiger partial charge >= 0.3 is 0 Å². The minimum atomic E-state index is -0.664. The largest absolute Gasteiger partial charge is 0.385 e. The molecule has 0 heterocycles. The van der Waals surface area contributed by atoms with Crippen LogP contribution in [0.3, 0.4) is 0 Å². The lowest BCUT2D eigenvalue weighted by atomic mass is 9.81. The summed E-state index contributed by atoms with van der Waals surface area (Å²) in [6.45, 7) is 4.18. The summed E-state index contributed by atoms with van der Waals surface area (Å²) >= 11 is 0. The van der Waals surface area contributed by atoms with Gasteiger partial charge in [-0.1, -0.05) is 50.1 Å². The molecule has 0 aliphatic heterocycles. The Bertz CT molecular complexity index is 504. The van der Waals surface area contributed by atoms with E-state index in [0.29, 0.717) is 0 Å². The van der Waals surface area contributed by atoms with Gasteiger partial charge in [0.15, 0.2) is 0 Å². The van der Waals surface area contributed by atoms with Crippen molar-refractivity contribution in [1.29, 1.82) is 0 Å². The van der Waals surface area contributed by atoms with Gasteiger partial charge in [-0.2, -0.15) is 0 Å². The molecule has 0 radical (unpaired) electrons. The van der Waals surface area contributed by atoms with Crippen molar-refractivity contribution in [2.75, 3.05) is 0 Å². The van der Waals surface area contributed by atoms with Crippen LogP contribution in [0, 0.1) is 0 Å². The van der Waals surface area contributed by atoms with Gasteiger partial charge in [0.25, 0.3) is 0 Å². The number of rotatable bonds is 5. The Labute approximate surface area is 129 Å². The van der Waals surface area contributed by atoms with Crippen molar-refractivity contribution in [3.63, 3.8) is 0 Å². The van der Waals surface area contributed by atoms with Gasteiger partial charge < -0.3 is 5.11 Å². The third kappa shape index (κ3) is 4.59. The minimum absolute atomic E-state index is 0.664. The standard InChI is InChI=1S/C20H28O/c1-3-4-6-13-18(17-11-7-5-8-12-17)16-19-14-9-10-15-20(19,2)21/h5,7-8,11-12,21H,3-4,6,9-10,13-15H2,1-2H3/t16?,20-/m0/s1. The van der Waals surface area contributed by atoms with Crippen molar-refractivity contribution in [2.45, 2.75) is 70.8 Å². The highest BCUT2D eigenvalue weighted by molar-refractivity contribution is 5.65. The van der Waals surface area contributed by atoms with Crippen LogP contribution in [-0.2, 0) is 0 Å². The number of hydrogen-bond donors (Lipinski definition) is 1. The van der Waals surface area contributed by atoms with Gasteiger partial charge in [0.2, 0.25) is 0 Å². The van der Waals surface area contributed by atoms with Crippen LogP contribution in [0.15, 0.2) is 41.6 Å². The highest BCUT2D eigenvalue weighted by Gasteiger charge is 2.28. The summed E-state index contributed by atoms with van der Waals surface area (Å²) in [4.78, 5) is 0. The van der Waals surface area contributed by atoms with Crippen molar-refractivity contribution in [3.8, 4) is 0 Å². The first-order chi connectivity index (χ1) is 10.1. The Balaban J connectivity index is 2.35. The van der Waals surface area contributed by atoms with Crippen LogP contribution in [-0.4, -0.2) is 10.7 Å². The predicted octanol–water partition coefficient (Wildman–Crippen LogP) is 5.50. The maximum absolute atomic E-state index is 10.6. The molecule has 1 heteroatoms. The third-order valence-corrected chi connectivity index (χ3v) is 4.44. The molecule has 0 unspecified atom stereocenters. The fraction of sp³-hybridized carbons (Fsp3) is 0.550. The molecule has 1 aromatic carbocycles. The lowest BCUT2D eigenvalue weighted by molar-refractivity contribution is 0.0712. The fourth-order valence-electron chi connectivity index (χ4n) is 3.04. The zero-order chi connectivity index (χ0) is 15.1. The highest BCUT2D eigenvalue weighted by atomic mass is 16.3. The molecule has 1 aliphatic carbocycles. The van der Waals surface area contributed by atoms with E-state index in [4.69, 9.17) is 0 Å². The zero-order valence-electron chi connectivity index (χ0n) is 13.5. The molecule has 1 aliphatic rings. The summed E-state index contributed by atoms with van der Waals surface area (Å²) < 4.78 is 0. The Morgan fingerprint density at radius 2 is 1.95 bits per heavy atom. The highest BCUT2D eigenvalue weighted by Crippen LogP contribution is 2.33. The quantitative estimate of drug-likeness (QED) is 0.559.